The minimum atomic E-state index is -0.280. The molecular weight excluding hydrogens is 453 g/mol. The normalized spacial score (nSPS) is 14.0. The first-order chi connectivity index (χ1) is 17.6. The Kier molecular flexibility index (Phi) is 5.73. The van der Waals surface area contributed by atoms with Gasteiger partial charge in [-0.2, -0.15) is 0 Å². The third-order valence-electron chi connectivity index (χ3n) is 6.68. The lowest BCUT2D eigenvalue weighted by Gasteiger charge is -2.20. The molecule has 1 unspecified atom stereocenters. The number of carbonyl (C=O) groups is 1. The maximum Gasteiger partial charge on any atom is 0.252 e. The molecule has 7 heteroatoms. The van der Waals surface area contributed by atoms with Gasteiger partial charge in [-0.1, -0.05) is 47.7 Å². The predicted molar refractivity (Wildman–Crippen MR) is 136 cm³/mol. The largest absolute Gasteiger partial charge is 0.345 e. The van der Waals surface area contributed by atoms with Gasteiger partial charge in [0.05, 0.1) is 18.8 Å². The zero-order valence-corrected chi connectivity index (χ0v) is 19.5. The van der Waals surface area contributed by atoms with Gasteiger partial charge in [0.2, 0.25) is 0 Å². The van der Waals surface area contributed by atoms with Gasteiger partial charge in [0, 0.05) is 28.9 Å². The van der Waals surface area contributed by atoms with Gasteiger partial charge in [-0.05, 0) is 65.6 Å². The van der Waals surface area contributed by atoms with Crippen molar-refractivity contribution in [2.45, 2.75) is 25.4 Å². The fourth-order valence-electron chi connectivity index (χ4n) is 4.60. The van der Waals surface area contributed by atoms with Gasteiger partial charge in [0.15, 0.2) is 0 Å². The number of carbonyl (C=O) groups excluding carboxylic acids is 1. The molecule has 0 saturated heterocycles. The molecule has 3 aromatic carbocycles. The average molecular weight is 478 g/mol. The molecule has 6 nitrogen and oxygen atoms in total. The Morgan fingerprint density at radius 2 is 1.86 bits per heavy atom. The van der Waals surface area contributed by atoms with Gasteiger partial charge in [0.25, 0.3) is 5.91 Å². The van der Waals surface area contributed by atoms with Crippen LogP contribution in [-0.4, -0.2) is 25.9 Å². The third-order valence-corrected chi connectivity index (χ3v) is 6.68. The molecule has 0 radical (unpaired) electrons. The number of nitrogens with one attached hydrogen (secondary N) is 1. The van der Waals surface area contributed by atoms with E-state index in [1.54, 1.807) is 23.0 Å². The number of aromatic nitrogens is 4. The van der Waals surface area contributed by atoms with Crippen LogP contribution in [-0.2, 0) is 6.54 Å². The zero-order chi connectivity index (χ0) is 24.5. The molecule has 2 heterocycles. The lowest BCUT2D eigenvalue weighted by molar-refractivity contribution is 0.0930. The molecule has 1 N–H and O–H groups in total. The summed E-state index contributed by atoms with van der Waals surface area (Å²) in [5, 5.41) is 14.0. The standard InChI is InChI=1S/C29H24FN5O/c30-25-11-9-20(10-12-25)28(19-5-6-19)32-29(36)26-4-2-1-3-24(26)17-35-18-27(33-34-35)22-7-8-23-16-31-14-13-21(23)15-22/h1-4,7-16,18-19,28H,5-6,17H2,(H,32,36). The van der Waals surface area contributed by atoms with Gasteiger partial charge >= 0.3 is 0 Å². The zero-order valence-electron chi connectivity index (χ0n) is 19.5. The van der Waals surface area contributed by atoms with E-state index in [0.717, 1.165) is 46.0 Å². The molecule has 1 amide bonds. The highest BCUT2D eigenvalue weighted by atomic mass is 19.1. The van der Waals surface area contributed by atoms with E-state index in [1.165, 1.54) is 12.1 Å². The number of hydrogen-bond acceptors (Lipinski definition) is 4. The lowest BCUT2D eigenvalue weighted by atomic mass is 10.0. The second-order valence-electron chi connectivity index (χ2n) is 9.24. The molecule has 1 saturated carbocycles. The number of amides is 1. The maximum absolute atomic E-state index is 13.4. The average Bonchev–Trinajstić information content (AvgIpc) is 3.65. The number of fused-ring (bicyclic) bond motifs is 1. The highest BCUT2D eigenvalue weighted by molar-refractivity contribution is 5.96. The Balaban J connectivity index is 1.22. The summed E-state index contributed by atoms with van der Waals surface area (Å²) < 4.78 is 15.2. The van der Waals surface area contributed by atoms with Crippen LogP contribution >= 0.6 is 0 Å². The smallest absolute Gasteiger partial charge is 0.252 e. The van der Waals surface area contributed by atoms with Crippen LogP contribution in [0.25, 0.3) is 22.0 Å². The van der Waals surface area contributed by atoms with Crippen LogP contribution in [0.1, 0.15) is 40.4 Å². The Hall–Kier alpha value is -4.39. The molecule has 178 valence electrons. The van der Waals surface area contributed by atoms with Crippen molar-refractivity contribution >= 4 is 16.7 Å². The minimum absolute atomic E-state index is 0.132. The lowest BCUT2D eigenvalue weighted by Crippen LogP contribution is -2.30. The molecule has 0 spiro atoms. The fraction of sp³-hybridized carbons (Fsp3) is 0.172. The van der Waals surface area contributed by atoms with Crippen molar-refractivity contribution in [2.75, 3.05) is 0 Å². The SMILES string of the molecule is O=C(NC(c1ccc(F)cc1)C1CC1)c1ccccc1Cn1cc(-c2ccc3cnccc3c2)nn1. The van der Waals surface area contributed by atoms with Crippen LogP contribution in [0.3, 0.4) is 0 Å². The second kappa shape index (κ2) is 9.34. The molecule has 1 aliphatic carbocycles. The number of halogens is 1. The Labute approximate surface area is 207 Å². The molecule has 5 aromatic rings. The van der Waals surface area contributed by atoms with Crippen LogP contribution in [0, 0.1) is 11.7 Å². The fourth-order valence-corrected chi connectivity index (χ4v) is 4.60. The molecule has 0 bridgehead atoms. The van der Waals surface area contributed by atoms with Crippen molar-refractivity contribution in [2.24, 2.45) is 5.92 Å². The van der Waals surface area contributed by atoms with Crippen molar-refractivity contribution in [1.29, 1.82) is 0 Å². The van der Waals surface area contributed by atoms with E-state index < -0.39 is 0 Å². The number of benzene rings is 3. The Bertz CT molecular complexity index is 1540. The van der Waals surface area contributed by atoms with Crippen molar-refractivity contribution in [1.82, 2.24) is 25.3 Å². The van der Waals surface area contributed by atoms with Gasteiger partial charge in [-0.15, -0.1) is 5.10 Å². The first-order valence-corrected chi connectivity index (χ1v) is 12.0. The van der Waals surface area contributed by atoms with Crippen LogP contribution < -0.4 is 5.32 Å². The second-order valence-corrected chi connectivity index (χ2v) is 9.24. The van der Waals surface area contributed by atoms with Crippen LogP contribution in [0.4, 0.5) is 4.39 Å². The Morgan fingerprint density at radius 3 is 2.69 bits per heavy atom. The first kappa shape index (κ1) is 22.1. The van der Waals surface area contributed by atoms with Gasteiger partial charge in [-0.3, -0.25) is 9.78 Å². The van der Waals surface area contributed by atoms with Crippen molar-refractivity contribution in [3.8, 4) is 11.3 Å². The molecule has 36 heavy (non-hydrogen) atoms. The minimum Gasteiger partial charge on any atom is -0.345 e. The maximum atomic E-state index is 13.4. The van der Waals surface area contributed by atoms with Crippen molar-refractivity contribution in [3.05, 3.63) is 114 Å². The number of nitrogens with zero attached hydrogens (tertiary/aromatic N) is 4. The molecule has 1 aliphatic rings. The predicted octanol–water partition coefficient (Wildman–Crippen LogP) is 5.56. The Morgan fingerprint density at radius 1 is 1.03 bits per heavy atom. The number of hydrogen-bond donors (Lipinski definition) is 1. The number of rotatable bonds is 7. The van der Waals surface area contributed by atoms with E-state index in [9.17, 15) is 9.18 Å². The molecule has 2 aromatic heterocycles. The summed E-state index contributed by atoms with van der Waals surface area (Å²) >= 11 is 0. The van der Waals surface area contributed by atoms with Gasteiger partial charge in [0.1, 0.15) is 11.5 Å². The third kappa shape index (κ3) is 4.60. The van der Waals surface area contributed by atoms with E-state index >= 15 is 0 Å². The van der Waals surface area contributed by atoms with Gasteiger partial charge < -0.3 is 5.32 Å². The highest BCUT2D eigenvalue weighted by Crippen LogP contribution is 2.41. The molecule has 1 atom stereocenters. The number of pyridine rings is 1. The first-order valence-electron chi connectivity index (χ1n) is 12.0. The van der Waals surface area contributed by atoms with Crippen molar-refractivity contribution in [3.63, 3.8) is 0 Å². The van der Waals surface area contributed by atoms with Crippen LogP contribution in [0.5, 0.6) is 0 Å². The van der Waals surface area contributed by atoms with Crippen LogP contribution in [0.15, 0.2) is 91.4 Å². The summed E-state index contributed by atoms with van der Waals surface area (Å²) in [6.07, 6.45) is 7.60. The van der Waals surface area contributed by atoms with E-state index in [4.69, 9.17) is 0 Å². The summed E-state index contributed by atoms with van der Waals surface area (Å²) in [7, 11) is 0. The summed E-state index contributed by atoms with van der Waals surface area (Å²) in [5.41, 5.74) is 4.11. The summed E-state index contributed by atoms with van der Waals surface area (Å²) in [6.45, 7) is 0.415. The highest BCUT2D eigenvalue weighted by Gasteiger charge is 2.34. The van der Waals surface area contributed by atoms with Crippen molar-refractivity contribution < 1.29 is 9.18 Å². The molecule has 6 rings (SSSR count). The monoisotopic (exact) mass is 477 g/mol. The molecular formula is C29H24FN5O. The quantitative estimate of drug-likeness (QED) is 0.333. The topological polar surface area (TPSA) is 72.7 Å². The summed E-state index contributed by atoms with van der Waals surface area (Å²) in [4.78, 5) is 17.5. The molecule has 0 aliphatic heterocycles. The van der Waals surface area contributed by atoms with Gasteiger partial charge in [-0.25, -0.2) is 9.07 Å². The van der Waals surface area contributed by atoms with Crippen LogP contribution in [0.2, 0.25) is 0 Å². The van der Waals surface area contributed by atoms with E-state index in [2.05, 4.69) is 26.7 Å². The summed E-state index contributed by atoms with van der Waals surface area (Å²) in [5.74, 6) is -0.0460. The summed E-state index contributed by atoms with van der Waals surface area (Å²) in [6, 6.07) is 21.9. The van der Waals surface area contributed by atoms with E-state index in [0.29, 0.717) is 18.0 Å². The van der Waals surface area contributed by atoms with E-state index in [-0.39, 0.29) is 17.8 Å². The molecule has 1 fully saturated rings. The van der Waals surface area contributed by atoms with E-state index in [1.807, 2.05) is 54.9 Å².